The van der Waals surface area contributed by atoms with Crippen molar-refractivity contribution in [2.45, 2.75) is 6.04 Å². The van der Waals surface area contributed by atoms with Gasteiger partial charge in [-0.1, -0.05) is 11.6 Å². The molecule has 9 nitrogen and oxygen atoms in total. The summed E-state index contributed by atoms with van der Waals surface area (Å²) < 4.78 is 5.24. The number of nitrogens with zero attached hydrogens (tertiary/aromatic N) is 4. The molecular weight excluding hydrogens is 290 g/mol. The molecule has 1 saturated heterocycles. The van der Waals surface area contributed by atoms with Crippen LogP contribution in [0.15, 0.2) is 6.33 Å². The smallest absolute Gasteiger partial charge is 0.348 e. The van der Waals surface area contributed by atoms with E-state index in [0.717, 1.165) is 6.33 Å². The average Bonchev–Trinajstić information content (AvgIpc) is 2.45. The summed E-state index contributed by atoms with van der Waals surface area (Å²) in [5, 5.41) is 13.3. The summed E-state index contributed by atoms with van der Waals surface area (Å²) in [6.07, 6.45) is 1.13. The molecule has 0 saturated carbocycles. The number of nitrogens with one attached hydrogen (secondary N) is 1. The van der Waals surface area contributed by atoms with E-state index in [2.05, 4.69) is 15.3 Å². The van der Waals surface area contributed by atoms with Gasteiger partial charge in [-0.25, -0.2) is 9.97 Å². The second kappa shape index (κ2) is 5.97. The number of hydrogen-bond acceptors (Lipinski definition) is 7. The van der Waals surface area contributed by atoms with Crippen LogP contribution in [-0.4, -0.2) is 53.6 Å². The Labute approximate surface area is 119 Å². The predicted molar refractivity (Wildman–Crippen MR) is 69.7 cm³/mol. The average molecular weight is 302 g/mol. The molecule has 10 heteroatoms. The van der Waals surface area contributed by atoms with Crippen molar-refractivity contribution in [3.63, 3.8) is 0 Å². The van der Waals surface area contributed by atoms with E-state index in [-0.39, 0.29) is 23.5 Å². The Bertz CT molecular complexity index is 540. The molecule has 108 valence electrons. The lowest BCUT2D eigenvalue weighted by molar-refractivity contribution is -0.384. The molecule has 1 aliphatic heterocycles. The highest BCUT2D eigenvalue weighted by Gasteiger charge is 2.35. The molecule has 0 spiro atoms. The van der Waals surface area contributed by atoms with Gasteiger partial charge in [0.1, 0.15) is 12.4 Å². The van der Waals surface area contributed by atoms with Gasteiger partial charge in [0, 0.05) is 13.6 Å². The second-order valence-corrected chi connectivity index (χ2v) is 4.35. The van der Waals surface area contributed by atoms with E-state index in [1.807, 2.05) is 0 Å². The molecule has 1 fully saturated rings. The van der Waals surface area contributed by atoms with Crippen LogP contribution in [0.4, 0.5) is 11.5 Å². The first-order valence-corrected chi connectivity index (χ1v) is 6.15. The number of ether oxygens (including phenoxy) is 1. The van der Waals surface area contributed by atoms with Crippen molar-refractivity contribution in [2.24, 2.45) is 0 Å². The van der Waals surface area contributed by atoms with Gasteiger partial charge in [0.15, 0.2) is 0 Å². The minimum Gasteiger partial charge on any atom is -0.377 e. The largest absolute Gasteiger partial charge is 0.377 e. The first-order chi connectivity index (χ1) is 9.56. The Morgan fingerprint density at radius 2 is 2.40 bits per heavy atom. The number of nitro groups is 1. The summed E-state index contributed by atoms with van der Waals surface area (Å²) in [6.45, 7) is 0.761. The zero-order valence-corrected chi connectivity index (χ0v) is 11.3. The number of rotatable bonds is 3. The zero-order valence-electron chi connectivity index (χ0n) is 10.6. The van der Waals surface area contributed by atoms with Gasteiger partial charge in [-0.2, -0.15) is 0 Å². The summed E-state index contributed by atoms with van der Waals surface area (Å²) in [4.78, 5) is 31.3. The van der Waals surface area contributed by atoms with Crippen molar-refractivity contribution < 1.29 is 14.5 Å². The monoisotopic (exact) mass is 301 g/mol. The number of morpholine rings is 1. The third-order valence-corrected chi connectivity index (χ3v) is 3.17. The highest BCUT2D eigenvalue weighted by Crippen LogP contribution is 2.32. The molecule has 2 heterocycles. The highest BCUT2D eigenvalue weighted by molar-refractivity contribution is 6.31. The predicted octanol–water partition coefficient (Wildman–Crippen LogP) is -0.0106. The number of amides is 1. The van der Waals surface area contributed by atoms with Crippen LogP contribution in [0.2, 0.25) is 5.15 Å². The van der Waals surface area contributed by atoms with Crippen LogP contribution in [0, 0.1) is 10.1 Å². The molecule has 1 aromatic rings. The standard InChI is InChI=1S/C10H12ClN5O4/c1-12-10(17)6-4-20-3-2-15(6)9-7(16(18)19)8(11)13-5-14-9/h5-6H,2-4H2,1H3,(H,12,17). The van der Waals surface area contributed by atoms with Gasteiger partial charge in [0.05, 0.1) is 18.1 Å². The van der Waals surface area contributed by atoms with E-state index in [0.29, 0.717) is 13.2 Å². The molecule has 0 aromatic carbocycles. The summed E-state index contributed by atoms with van der Waals surface area (Å²) in [6, 6.07) is -0.696. The highest BCUT2D eigenvalue weighted by atomic mass is 35.5. The molecule has 1 amide bonds. The molecule has 1 N–H and O–H groups in total. The summed E-state index contributed by atoms with van der Waals surface area (Å²) in [7, 11) is 1.48. The van der Waals surface area contributed by atoms with E-state index >= 15 is 0 Å². The Morgan fingerprint density at radius 1 is 1.65 bits per heavy atom. The number of anilines is 1. The molecule has 0 aliphatic carbocycles. The minimum absolute atomic E-state index is 0.0203. The van der Waals surface area contributed by atoms with Gasteiger partial charge in [-0.05, 0) is 0 Å². The molecule has 1 unspecified atom stereocenters. The maximum atomic E-state index is 11.8. The van der Waals surface area contributed by atoms with Gasteiger partial charge in [-0.3, -0.25) is 14.9 Å². The molecule has 0 bridgehead atoms. The normalized spacial score (nSPS) is 18.7. The fraction of sp³-hybridized carbons (Fsp3) is 0.500. The lowest BCUT2D eigenvalue weighted by Crippen LogP contribution is -2.53. The number of carbonyl (C=O) groups excluding carboxylic acids is 1. The Hall–Kier alpha value is -2.00. The lowest BCUT2D eigenvalue weighted by Gasteiger charge is -2.34. The van der Waals surface area contributed by atoms with Gasteiger partial charge >= 0.3 is 5.69 Å². The van der Waals surface area contributed by atoms with Crippen LogP contribution in [0.3, 0.4) is 0 Å². The molecule has 1 atom stereocenters. The van der Waals surface area contributed by atoms with Gasteiger partial charge in [-0.15, -0.1) is 0 Å². The summed E-state index contributed by atoms with van der Waals surface area (Å²) >= 11 is 5.75. The van der Waals surface area contributed by atoms with Crippen LogP contribution in [0.1, 0.15) is 0 Å². The summed E-state index contributed by atoms with van der Waals surface area (Å²) in [5.74, 6) is -0.291. The van der Waals surface area contributed by atoms with Crippen LogP contribution in [0.5, 0.6) is 0 Å². The van der Waals surface area contributed by atoms with Gasteiger partial charge in [0.2, 0.25) is 16.9 Å². The molecular formula is C10H12ClN5O4. The van der Waals surface area contributed by atoms with Crippen LogP contribution in [0.25, 0.3) is 0 Å². The third-order valence-electron chi connectivity index (χ3n) is 2.89. The van der Waals surface area contributed by atoms with E-state index in [1.54, 1.807) is 0 Å². The van der Waals surface area contributed by atoms with E-state index in [9.17, 15) is 14.9 Å². The van der Waals surface area contributed by atoms with E-state index in [1.165, 1.54) is 11.9 Å². The zero-order chi connectivity index (χ0) is 14.7. The molecule has 1 aromatic heterocycles. The third kappa shape index (κ3) is 2.63. The second-order valence-electron chi connectivity index (χ2n) is 3.99. The van der Waals surface area contributed by atoms with Crippen molar-refractivity contribution in [1.82, 2.24) is 15.3 Å². The topological polar surface area (TPSA) is 110 Å². The van der Waals surface area contributed by atoms with Crippen molar-refractivity contribution in [3.05, 3.63) is 21.6 Å². The van der Waals surface area contributed by atoms with Crippen molar-refractivity contribution >= 4 is 29.0 Å². The number of carbonyl (C=O) groups is 1. The maximum absolute atomic E-state index is 11.8. The summed E-state index contributed by atoms with van der Waals surface area (Å²) in [5.41, 5.74) is -0.412. The van der Waals surface area contributed by atoms with Crippen LogP contribution < -0.4 is 10.2 Å². The molecule has 2 rings (SSSR count). The Balaban J connectivity index is 2.45. The van der Waals surface area contributed by atoms with E-state index in [4.69, 9.17) is 16.3 Å². The number of hydrogen-bond donors (Lipinski definition) is 1. The van der Waals surface area contributed by atoms with Crippen LogP contribution >= 0.6 is 11.6 Å². The van der Waals surface area contributed by atoms with E-state index < -0.39 is 16.7 Å². The number of halogens is 1. The SMILES string of the molecule is CNC(=O)C1COCCN1c1ncnc(Cl)c1[N+](=O)[O-]. The fourth-order valence-electron chi connectivity index (χ4n) is 1.96. The van der Waals surface area contributed by atoms with Crippen molar-refractivity contribution in [3.8, 4) is 0 Å². The number of aromatic nitrogens is 2. The maximum Gasteiger partial charge on any atom is 0.348 e. The van der Waals surface area contributed by atoms with Gasteiger partial charge < -0.3 is 15.0 Å². The first-order valence-electron chi connectivity index (χ1n) is 5.77. The van der Waals surface area contributed by atoms with Crippen molar-refractivity contribution in [2.75, 3.05) is 31.7 Å². The Kier molecular flexibility index (Phi) is 4.30. The van der Waals surface area contributed by atoms with Crippen LogP contribution in [-0.2, 0) is 9.53 Å². The molecule has 20 heavy (non-hydrogen) atoms. The fourth-order valence-corrected chi connectivity index (χ4v) is 2.15. The molecule has 0 radical (unpaired) electrons. The first kappa shape index (κ1) is 14.4. The Morgan fingerprint density at radius 3 is 3.05 bits per heavy atom. The van der Waals surface area contributed by atoms with Gasteiger partial charge in [0.25, 0.3) is 0 Å². The van der Waals surface area contributed by atoms with Crippen molar-refractivity contribution in [1.29, 1.82) is 0 Å². The quantitative estimate of drug-likeness (QED) is 0.475. The molecule has 1 aliphatic rings. The minimum atomic E-state index is -0.696. The lowest BCUT2D eigenvalue weighted by atomic mass is 10.2. The number of likely N-dealkylation sites (N-methyl/N-ethyl adjacent to an activating group) is 1.